The lowest BCUT2D eigenvalue weighted by atomic mass is 10.1. The highest BCUT2D eigenvalue weighted by atomic mass is 16.4. The van der Waals surface area contributed by atoms with Crippen molar-refractivity contribution in [3.05, 3.63) is 53.7 Å². The van der Waals surface area contributed by atoms with E-state index in [-0.39, 0.29) is 0 Å². The summed E-state index contributed by atoms with van der Waals surface area (Å²) in [5.74, 6) is 0. The van der Waals surface area contributed by atoms with E-state index in [1.807, 2.05) is 43.3 Å². The Morgan fingerprint density at radius 2 is 1.94 bits per heavy atom. The number of aromatic nitrogens is 1. The van der Waals surface area contributed by atoms with Crippen molar-refractivity contribution in [2.75, 3.05) is 0 Å². The molecule has 3 heteroatoms. The van der Waals surface area contributed by atoms with E-state index in [1.165, 1.54) is 6.21 Å². The van der Waals surface area contributed by atoms with Crippen LogP contribution in [0.4, 0.5) is 0 Å². The molecule has 0 aliphatic carbocycles. The fraction of sp³-hybridized carbons (Fsp3) is 0.0769. The van der Waals surface area contributed by atoms with Gasteiger partial charge in [-0.1, -0.05) is 35.5 Å². The van der Waals surface area contributed by atoms with E-state index in [9.17, 15) is 0 Å². The van der Waals surface area contributed by atoms with Crippen LogP contribution >= 0.6 is 0 Å². The van der Waals surface area contributed by atoms with E-state index in [4.69, 9.17) is 5.21 Å². The largest absolute Gasteiger partial charge is 0.411 e. The number of hydrogen-bond acceptors (Lipinski definition) is 3. The zero-order valence-corrected chi connectivity index (χ0v) is 8.96. The Bertz CT molecular complexity index is 504. The van der Waals surface area contributed by atoms with Gasteiger partial charge in [0.25, 0.3) is 0 Å². The van der Waals surface area contributed by atoms with E-state index in [1.54, 1.807) is 6.20 Å². The Labute approximate surface area is 94.1 Å². The summed E-state index contributed by atoms with van der Waals surface area (Å²) < 4.78 is 0. The SMILES string of the molecule is Cc1cccnc1-c1ccc(/C=N/O)cc1. The number of rotatable bonds is 2. The number of oxime groups is 1. The Hall–Kier alpha value is -2.16. The molecule has 1 N–H and O–H groups in total. The molecule has 0 aliphatic heterocycles. The van der Waals surface area contributed by atoms with Gasteiger partial charge in [-0.15, -0.1) is 0 Å². The van der Waals surface area contributed by atoms with Gasteiger partial charge in [0.2, 0.25) is 0 Å². The monoisotopic (exact) mass is 212 g/mol. The molecule has 0 bridgehead atoms. The van der Waals surface area contributed by atoms with Crippen LogP contribution < -0.4 is 0 Å². The number of nitrogens with zero attached hydrogens (tertiary/aromatic N) is 2. The van der Waals surface area contributed by atoms with E-state index in [0.29, 0.717) is 0 Å². The number of hydrogen-bond donors (Lipinski definition) is 1. The Kier molecular flexibility index (Phi) is 2.96. The molecule has 0 radical (unpaired) electrons. The Morgan fingerprint density at radius 1 is 1.19 bits per heavy atom. The van der Waals surface area contributed by atoms with Crippen molar-refractivity contribution in [3.8, 4) is 11.3 Å². The predicted octanol–water partition coefficient (Wildman–Crippen LogP) is 2.87. The van der Waals surface area contributed by atoms with Gasteiger partial charge in [-0.25, -0.2) is 0 Å². The number of aryl methyl sites for hydroxylation is 1. The summed E-state index contributed by atoms with van der Waals surface area (Å²) in [4.78, 5) is 4.34. The standard InChI is InChI=1S/C13H12N2O/c1-10-3-2-8-14-13(10)12-6-4-11(5-7-12)9-15-16/h2-9,16H,1H3/b15-9+. The maximum Gasteiger partial charge on any atom is 0.0733 e. The summed E-state index contributed by atoms with van der Waals surface area (Å²) in [6, 6.07) is 11.7. The van der Waals surface area contributed by atoms with Crippen LogP contribution in [0, 0.1) is 6.92 Å². The maximum absolute atomic E-state index is 8.41. The van der Waals surface area contributed by atoms with Crippen molar-refractivity contribution >= 4 is 6.21 Å². The van der Waals surface area contributed by atoms with E-state index >= 15 is 0 Å². The molecule has 1 aromatic heterocycles. The van der Waals surface area contributed by atoms with Gasteiger partial charge >= 0.3 is 0 Å². The highest BCUT2D eigenvalue weighted by Crippen LogP contribution is 2.20. The quantitative estimate of drug-likeness (QED) is 0.472. The number of benzene rings is 1. The van der Waals surface area contributed by atoms with Crippen LogP contribution in [0.1, 0.15) is 11.1 Å². The molecule has 0 spiro atoms. The summed E-state index contributed by atoms with van der Waals surface area (Å²) in [7, 11) is 0. The van der Waals surface area contributed by atoms with E-state index in [0.717, 1.165) is 22.4 Å². The minimum absolute atomic E-state index is 0.861. The molecule has 0 amide bonds. The Balaban J connectivity index is 2.39. The molecule has 1 aromatic carbocycles. The zero-order valence-electron chi connectivity index (χ0n) is 8.96. The third kappa shape index (κ3) is 2.08. The van der Waals surface area contributed by atoms with Crippen molar-refractivity contribution in [3.63, 3.8) is 0 Å². The van der Waals surface area contributed by atoms with Gasteiger partial charge in [0, 0.05) is 11.8 Å². The van der Waals surface area contributed by atoms with Crippen molar-refractivity contribution < 1.29 is 5.21 Å². The van der Waals surface area contributed by atoms with Crippen LogP contribution in [0.5, 0.6) is 0 Å². The molecular formula is C13H12N2O. The first-order valence-electron chi connectivity index (χ1n) is 5.01. The van der Waals surface area contributed by atoms with E-state index in [2.05, 4.69) is 10.1 Å². The normalized spacial score (nSPS) is 10.8. The number of pyridine rings is 1. The molecule has 0 unspecified atom stereocenters. The fourth-order valence-corrected chi connectivity index (χ4v) is 1.58. The molecule has 0 saturated heterocycles. The lowest BCUT2D eigenvalue weighted by molar-refractivity contribution is 0.322. The Morgan fingerprint density at radius 3 is 2.56 bits per heavy atom. The van der Waals surface area contributed by atoms with Crippen LogP contribution in [0.15, 0.2) is 47.8 Å². The topological polar surface area (TPSA) is 45.5 Å². The molecular weight excluding hydrogens is 200 g/mol. The van der Waals surface area contributed by atoms with Gasteiger partial charge < -0.3 is 5.21 Å². The van der Waals surface area contributed by atoms with E-state index < -0.39 is 0 Å². The maximum atomic E-state index is 8.41. The fourth-order valence-electron chi connectivity index (χ4n) is 1.58. The molecule has 80 valence electrons. The van der Waals surface area contributed by atoms with Crippen molar-refractivity contribution in [2.45, 2.75) is 6.92 Å². The third-order valence-electron chi connectivity index (χ3n) is 2.40. The summed E-state index contributed by atoms with van der Waals surface area (Å²) in [6.07, 6.45) is 3.18. The lowest BCUT2D eigenvalue weighted by Gasteiger charge is -2.04. The summed E-state index contributed by atoms with van der Waals surface area (Å²) in [5, 5.41) is 11.4. The molecule has 0 saturated carbocycles. The van der Waals surface area contributed by atoms with Gasteiger partial charge in [0.05, 0.1) is 11.9 Å². The molecule has 2 aromatic rings. The summed E-state index contributed by atoms with van der Waals surface area (Å²) in [6.45, 7) is 2.03. The second kappa shape index (κ2) is 4.57. The zero-order chi connectivity index (χ0) is 11.4. The highest BCUT2D eigenvalue weighted by molar-refractivity contribution is 5.80. The molecule has 0 atom stereocenters. The molecule has 1 heterocycles. The van der Waals surface area contributed by atoms with Gasteiger partial charge in [0.15, 0.2) is 0 Å². The highest BCUT2D eigenvalue weighted by Gasteiger charge is 2.01. The average molecular weight is 212 g/mol. The van der Waals surface area contributed by atoms with Crippen LogP contribution in [0.3, 0.4) is 0 Å². The van der Waals surface area contributed by atoms with Crippen molar-refractivity contribution in [1.82, 2.24) is 4.98 Å². The molecule has 0 fully saturated rings. The first-order chi connectivity index (χ1) is 7.81. The minimum Gasteiger partial charge on any atom is -0.411 e. The molecule has 16 heavy (non-hydrogen) atoms. The summed E-state index contributed by atoms with van der Waals surface area (Å²) in [5.41, 5.74) is 4.05. The lowest BCUT2D eigenvalue weighted by Crippen LogP contribution is -1.88. The molecule has 2 rings (SSSR count). The minimum atomic E-state index is 0.861. The second-order valence-electron chi connectivity index (χ2n) is 3.54. The van der Waals surface area contributed by atoms with Crippen LogP contribution in [0.25, 0.3) is 11.3 Å². The first-order valence-corrected chi connectivity index (χ1v) is 5.01. The summed E-state index contributed by atoms with van der Waals surface area (Å²) >= 11 is 0. The van der Waals surface area contributed by atoms with Crippen molar-refractivity contribution in [2.24, 2.45) is 5.16 Å². The van der Waals surface area contributed by atoms with Crippen molar-refractivity contribution in [1.29, 1.82) is 0 Å². The third-order valence-corrected chi connectivity index (χ3v) is 2.40. The first kappa shape index (κ1) is 10.4. The van der Waals surface area contributed by atoms with Gasteiger partial charge in [-0.05, 0) is 24.1 Å². The van der Waals surface area contributed by atoms with Crippen LogP contribution in [-0.2, 0) is 0 Å². The molecule has 0 aliphatic rings. The van der Waals surface area contributed by atoms with Crippen LogP contribution in [-0.4, -0.2) is 16.4 Å². The smallest absolute Gasteiger partial charge is 0.0733 e. The average Bonchev–Trinajstić information content (AvgIpc) is 2.31. The van der Waals surface area contributed by atoms with Gasteiger partial charge in [0.1, 0.15) is 0 Å². The van der Waals surface area contributed by atoms with Gasteiger partial charge in [-0.2, -0.15) is 0 Å². The van der Waals surface area contributed by atoms with Crippen LogP contribution in [0.2, 0.25) is 0 Å². The van der Waals surface area contributed by atoms with Gasteiger partial charge in [-0.3, -0.25) is 4.98 Å². The molecule has 3 nitrogen and oxygen atoms in total. The predicted molar refractivity (Wildman–Crippen MR) is 63.8 cm³/mol. The second-order valence-corrected chi connectivity index (χ2v) is 3.54.